The molecule has 5 rings (SSSR count). The number of hydrogen-bond donors (Lipinski definition) is 0. The van der Waals surface area contributed by atoms with Crippen molar-refractivity contribution in [3.05, 3.63) is 48.0 Å². The molecule has 5 nitrogen and oxygen atoms in total. The zero-order valence-corrected chi connectivity index (χ0v) is 17.8. The zero-order valence-electron chi connectivity index (χ0n) is 16.1. The minimum Gasteiger partial charge on any atom is -0.290 e. The summed E-state index contributed by atoms with van der Waals surface area (Å²) >= 11 is 3.56. The van der Waals surface area contributed by atoms with E-state index < -0.39 is 0 Å². The van der Waals surface area contributed by atoms with Crippen LogP contribution in [-0.4, -0.2) is 52.3 Å². The van der Waals surface area contributed by atoms with Gasteiger partial charge in [-0.15, -0.1) is 11.3 Å². The highest BCUT2D eigenvalue weighted by atomic mass is 32.2. The molecule has 0 saturated carbocycles. The zero-order chi connectivity index (χ0) is 20.0. The Hall–Kier alpha value is -2.22. The smallest absolute Gasteiger partial charge is 0.251 e. The Kier molecular flexibility index (Phi) is 4.89. The molecule has 0 N–H and O–H groups in total. The molecule has 1 aromatic heterocycles. The van der Waals surface area contributed by atoms with E-state index in [0.717, 1.165) is 45.4 Å². The van der Waals surface area contributed by atoms with E-state index >= 15 is 0 Å². The summed E-state index contributed by atoms with van der Waals surface area (Å²) in [4.78, 5) is 33.8. The summed E-state index contributed by atoms with van der Waals surface area (Å²) in [6, 6.07) is 13.6. The normalized spacial score (nSPS) is 20.7. The number of carbonyl (C=O) groups excluding carboxylic acids is 2. The number of carbonyl (C=O) groups is 2. The predicted octanol–water partition coefficient (Wildman–Crippen LogP) is 3.95. The highest BCUT2D eigenvalue weighted by Crippen LogP contribution is 2.33. The van der Waals surface area contributed by atoms with Crippen LogP contribution in [0.15, 0.2) is 42.5 Å². The number of amides is 2. The van der Waals surface area contributed by atoms with E-state index in [1.54, 1.807) is 11.3 Å². The van der Waals surface area contributed by atoms with Gasteiger partial charge in [-0.25, -0.2) is 9.88 Å². The quantitative estimate of drug-likeness (QED) is 0.597. The fraction of sp³-hybridized carbons (Fsp3) is 0.318. The monoisotopic (exact) mass is 423 g/mol. The second kappa shape index (κ2) is 7.55. The highest BCUT2D eigenvalue weighted by molar-refractivity contribution is 7.99. The molecule has 0 spiro atoms. The molecule has 148 valence electrons. The van der Waals surface area contributed by atoms with Crippen LogP contribution in [0.4, 0.5) is 5.69 Å². The summed E-state index contributed by atoms with van der Waals surface area (Å²) in [6.07, 6.45) is 0.280. The second-order valence-corrected chi connectivity index (χ2v) is 9.73. The number of thiazole rings is 1. The molecule has 1 atom stereocenters. The van der Waals surface area contributed by atoms with Crippen molar-refractivity contribution in [3.63, 3.8) is 0 Å². The first-order valence-electron chi connectivity index (χ1n) is 9.76. The summed E-state index contributed by atoms with van der Waals surface area (Å²) in [5.41, 5.74) is 3.86. The van der Waals surface area contributed by atoms with E-state index in [4.69, 9.17) is 4.98 Å². The van der Waals surface area contributed by atoms with Gasteiger partial charge in [-0.2, -0.15) is 11.8 Å². The molecule has 2 amide bonds. The van der Waals surface area contributed by atoms with Crippen molar-refractivity contribution in [1.29, 1.82) is 0 Å². The maximum absolute atomic E-state index is 13.0. The van der Waals surface area contributed by atoms with Gasteiger partial charge >= 0.3 is 0 Å². The van der Waals surface area contributed by atoms with Gasteiger partial charge in [0.15, 0.2) is 0 Å². The van der Waals surface area contributed by atoms with Crippen molar-refractivity contribution in [1.82, 2.24) is 9.88 Å². The number of thioether (sulfide) groups is 1. The van der Waals surface area contributed by atoms with Gasteiger partial charge in [-0.05, 0) is 48.9 Å². The Balaban J connectivity index is 1.39. The summed E-state index contributed by atoms with van der Waals surface area (Å²) in [5.74, 6) is 1.84. The van der Waals surface area contributed by atoms with Crippen LogP contribution in [-0.2, 0) is 9.59 Å². The number of fused-ring (bicyclic) bond motifs is 1. The largest absolute Gasteiger partial charge is 0.290 e. The van der Waals surface area contributed by atoms with Gasteiger partial charge in [0.1, 0.15) is 5.01 Å². The van der Waals surface area contributed by atoms with E-state index in [-0.39, 0.29) is 24.3 Å². The van der Waals surface area contributed by atoms with Gasteiger partial charge in [0.05, 0.1) is 28.4 Å². The number of aryl methyl sites for hydroxylation is 1. The summed E-state index contributed by atoms with van der Waals surface area (Å²) in [5, 5.41) is 0.944. The summed E-state index contributed by atoms with van der Waals surface area (Å²) < 4.78 is 1.16. The lowest BCUT2D eigenvalue weighted by Crippen LogP contribution is -2.45. The third-order valence-corrected chi connectivity index (χ3v) is 7.54. The number of hydrogen-bond acceptors (Lipinski definition) is 6. The SMILES string of the molecule is Cc1ccc2nc(-c3ccc(N4C(=O)C[C@H](N5CCSCC5)C4=O)cc3)sc2c1. The fourth-order valence-electron chi connectivity index (χ4n) is 3.97. The Bertz CT molecular complexity index is 1090. The molecule has 29 heavy (non-hydrogen) atoms. The van der Waals surface area contributed by atoms with Crippen molar-refractivity contribution >= 4 is 50.8 Å². The fourth-order valence-corrected chi connectivity index (χ4v) is 5.97. The van der Waals surface area contributed by atoms with Crippen LogP contribution in [0.25, 0.3) is 20.8 Å². The second-order valence-electron chi connectivity index (χ2n) is 7.47. The number of anilines is 1. The predicted molar refractivity (Wildman–Crippen MR) is 120 cm³/mol. The molecule has 2 saturated heterocycles. The van der Waals surface area contributed by atoms with Gasteiger partial charge in [-0.3, -0.25) is 14.5 Å². The van der Waals surface area contributed by atoms with Gasteiger partial charge < -0.3 is 0 Å². The van der Waals surface area contributed by atoms with Gasteiger partial charge in [0.25, 0.3) is 5.91 Å². The van der Waals surface area contributed by atoms with Crippen molar-refractivity contribution in [2.75, 3.05) is 29.5 Å². The highest BCUT2D eigenvalue weighted by Gasteiger charge is 2.42. The Morgan fingerprint density at radius 3 is 2.55 bits per heavy atom. The summed E-state index contributed by atoms with van der Waals surface area (Å²) in [7, 11) is 0. The molecule has 2 fully saturated rings. The first kappa shape index (κ1) is 18.8. The molecular weight excluding hydrogens is 402 g/mol. The minimum atomic E-state index is -0.310. The molecule has 0 unspecified atom stereocenters. The third kappa shape index (κ3) is 3.47. The first-order valence-corrected chi connectivity index (χ1v) is 11.7. The molecule has 3 heterocycles. The van der Waals surface area contributed by atoms with Crippen molar-refractivity contribution in [2.45, 2.75) is 19.4 Å². The van der Waals surface area contributed by atoms with Crippen LogP contribution in [0.3, 0.4) is 0 Å². The van der Waals surface area contributed by atoms with E-state index in [2.05, 4.69) is 24.0 Å². The van der Waals surface area contributed by atoms with Crippen molar-refractivity contribution < 1.29 is 9.59 Å². The lowest BCUT2D eigenvalue weighted by atomic mass is 10.2. The summed E-state index contributed by atoms with van der Waals surface area (Å²) in [6.45, 7) is 3.82. The Morgan fingerprint density at radius 2 is 1.79 bits per heavy atom. The van der Waals surface area contributed by atoms with Crippen LogP contribution >= 0.6 is 23.1 Å². The molecule has 2 aromatic carbocycles. The molecule has 2 aliphatic heterocycles. The standard InChI is InChI=1S/C22H21N3O2S2/c1-14-2-7-17-19(12-14)29-21(23-17)15-3-5-16(6-4-15)25-20(26)13-18(22(25)27)24-8-10-28-11-9-24/h2-7,12,18H,8-11,13H2,1H3/t18-/m0/s1. The maximum Gasteiger partial charge on any atom is 0.251 e. The number of nitrogens with zero attached hydrogens (tertiary/aromatic N) is 3. The van der Waals surface area contributed by atoms with Crippen LogP contribution in [0.1, 0.15) is 12.0 Å². The minimum absolute atomic E-state index is 0.0925. The van der Waals surface area contributed by atoms with Crippen LogP contribution in [0.2, 0.25) is 0 Å². The maximum atomic E-state index is 13.0. The lowest BCUT2D eigenvalue weighted by molar-refractivity contribution is -0.122. The Morgan fingerprint density at radius 1 is 1.03 bits per heavy atom. The number of benzene rings is 2. The van der Waals surface area contributed by atoms with E-state index in [1.165, 1.54) is 10.5 Å². The van der Waals surface area contributed by atoms with Crippen molar-refractivity contribution in [3.8, 4) is 10.6 Å². The molecule has 3 aromatic rings. The average Bonchev–Trinajstić information content (AvgIpc) is 3.29. The van der Waals surface area contributed by atoms with E-state index in [9.17, 15) is 9.59 Å². The van der Waals surface area contributed by atoms with Crippen LogP contribution in [0.5, 0.6) is 0 Å². The third-order valence-electron chi connectivity index (χ3n) is 5.53. The molecule has 2 aliphatic rings. The topological polar surface area (TPSA) is 53.5 Å². The Labute approximate surface area is 177 Å². The first-order chi connectivity index (χ1) is 14.1. The van der Waals surface area contributed by atoms with E-state index in [0.29, 0.717) is 5.69 Å². The molecule has 0 radical (unpaired) electrons. The van der Waals surface area contributed by atoms with Crippen LogP contribution in [0, 0.1) is 6.92 Å². The van der Waals surface area contributed by atoms with Crippen molar-refractivity contribution in [2.24, 2.45) is 0 Å². The van der Waals surface area contributed by atoms with Gasteiger partial charge in [0.2, 0.25) is 5.91 Å². The number of aromatic nitrogens is 1. The molecule has 7 heteroatoms. The molecule has 0 bridgehead atoms. The van der Waals surface area contributed by atoms with Gasteiger partial charge in [0, 0.05) is 30.2 Å². The lowest BCUT2D eigenvalue weighted by Gasteiger charge is -2.30. The van der Waals surface area contributed by atoms with Crippen LogP contribution < -0.4 is 4.90 Å². The van der Waals surface area contributed by atoms with E-state index in [1.807, 2.05) is 42.1 Å². The average molecular weight is 424 g/mol. The molecular formula is C22H21N3O2S2. The molecule has 0 aliphatic carbocycles. The number of rotatable bonds is 3. The van der Waals surface area contributed by atoms with Gasteiger partial charge in [-0.1, -0.05) is 6.07 Å². The number of imide groups is 1.